The minimum Gasteiger partial charge on any atom is -0.360 e. The summed E-state index contributed by atoms with van der Waals surface area (Å²) < 4.78 is 1.01. The molecule has 0 saturated heterocycles. The van der Waals surface area contributed by atoms with Gasteiger partial charge in [-0.1, -0.05) is 35.9 Å². The monoisotopic (exact) mass is 389 g/mol. The van der Waals surface area contributed by atoms with Crippen molar-refractivity contribution >= 4 is 40.2 Å². The number of aromatic amines is 1. The number of carbonyl (C=O) groups excluding carboxylic acids is 1. The summed E-state index contributed by atoms with van der Waals surface area (Å²) in [6.45, 7) is 0.950. The second-order valence-electron chi connectivity index (χ2n) is 5.89. The van der Waals surface area contributed by atoms with Crippen molar-refractivity contribution < 1.29 is 4.79 Å². The van der Waals surface area contributed by atoms with Crippen LogP contribution in [0.5, 0.6) is 0 Å². The number of nitrogens with zero attached hydrogens (tertiary/aromatic N) is 1. The van der Waals surface area contributed by atoms with Crippen molar-refractivity contribution in [2.75, 3.05) is 7.05 Å². The number of rotatable bonds is 5. The van der Waals surface area contributed by atoms with Crippen LogP contribution in [-0.4, -0.2) is 22.4 Å². The van der Waals surface area contributed by atoms with Gasteiger partial charge < -0.3 is 10.3 Å². The summed E-state index contributed by atoms with van der Waals surface area (Å²) in [6, 6.07) is 12.6. The van der Waals surface area contributed by atoms with Crippen LogP contribution in [0.1, 0.15) is 21.5 Å². The summed E-state index contributed by atoms with van der Waals surface area (Å²) in [6.07, 6.45) is 1.38. The molecular formula is C19H17Cl2N3O2. The Morgan fingerprint density at radius 1 is 1.15 bits per heavy atom. The van der Waals surface area contributed by atoms with Crippen LogP contribution in [-0.2, 0) is 13.1 Å². The molecule has 134 valence electrons. The lowest BCUT2D eigenvalue weighted by molar-refractivity contribution is 0.0856. The zero-order valence-electron chi connectivity index (χ0n) is 14.1. The zero-order valence-corrected chi connectivity index (χ0v) is 15.6. The molecule has 0 saturated carbocycles. The van der Waals surface area contributed by atoms with Gasteiger partial charge in [-0.3, -0.25) is 9.59 Å². The van der Waals surface area contributed by atoms with E-state index in [0.29, 0.717) is 15.9 Å². The molecule has 5 nitrogen and oxygen atoms in total. The first-order valence-electron chi connectivity index (χ1n) is 8.00. The Hall–Kier alpha value is -2.34. The van der Waals surface area contributed by atoms with Gasteiger partial charge in [0, 0.05) is 40.4 Å². The van der Waals surface area contributed by atoms with E-state index in [-0.39, 0.29) is 12.1 Å². The first-order valence-corrected chi connectivity index (χ1v) is 8.72. The standard InChI is InChI=1S/C19H17Cl2N3O2/c1-22-9-12-2-4-13(5-3-12)11-24(21)19(26)16-10-23-17-7-6-14(20)8-15(17)18(16)25/h2-8,10,22H,9,11H2,1H3,(H,23,25). The molecule has 0 bridgehead atoms. The molecule has 0 fully saturated rings. The van der Waals surface area contributed by atoms with E-state index in [1.165, 1.54) is 12.3 Å². The largest absolute Gasteiger partial charge is 0.360 e. The fraction of sp³-hybridized carbons (Fsp3) is 0.158. The van der Waals surface area contributed by atoms with Gasteiger partial charge in [-0.15, -0.1) is 0 Å². The van der Waals surface area contributed by atoms with E-state index < -0.39 is 11.3 Å². The Bertz CT molecular complexity index is 1000. The lowest BCUT2D eigenvalue weighted by Crippen LogP contribution is -2.27. The van der Waals surface area contributed by atoms with E-state index in [4.69, 9.17) is 23.4 Å². The lowest BCUT2D eigenvalue weighted by atomic mass is 10.1. The van der Waals surface area contributed by atoms with E-state index in [2.05, 4.69) is 10.3 Å². The Labute approximate surface area is 160 Å². The second kappa shape index (κ2) is 7.91. The fourth-order valence-corrected chi connectivity index (χ4v) is 3.08. The highest BCUT2D eigenvalue weighted by Gasteiger charge is 2.19. The van der Waals surface area contributed by atoms with E-state index >= 15 is 0 Å². The molecule has 0 spiro atoms. The summed E-state index contributed by atoms with van der Waals surface area (Å²) in [5.41, 5.74) is 2.18. The van der Waals surface area contributed by atoms with Crippen LogP contribution in [0, 0.1) is 0 Å². The van der Waals surface area contributed by atoms with Crippen LogP contribution in [0.25, 0.3) is 10.9 Å². The number of fused-ring (bicyclic) bond motifs is 1. The molecule has 0 unspecified atom stereocenters. The molecule has 26 heavy (non-hydrogen) atoms. The van der Waals surface area contributed by atoms with Gasteiger partial charge in [-0.05, 0) is 36.4 Å². The average molecular weight is 390 g/mol. The number of benzene rings is 2. The number of pyridine rings is 1. The van der Waals surface area contributed by atoms with Crippen molar-refractivity contribution in [1.29, 1.82) is 0 Å². The minimum atomic E-state index is -0.561. The van der Waals surface area contributed by atoms with Crippen LogP contribution in [0.15, 0.2) is 53.5 Å². The van der Waals surface area contributed by atoms with Crippen molar-refractivity contribution in [2.45, 2.75) is 13.1 Å². The molecule has 1 amide bonds. The predicted molar refractivity (Wildman–Crippen MR) is 105 cm³/mol. The quantitative estimate of drug-likeness (QED) is 0.653. The molecule has 0 aliphatic heterocycles. The van der Waals surface area contributed by atoms with Gasteiger partial charge in [0.05, 0.1) is 6.54 Å². The second-order valence-corrected chi connectivity index (χ2v) is 6.74. The van der Waals surface area contributed by atoms with E-state index in [9.17, 15) is 9.59 Å². The number of halogens is 2. The Morgan fingerprint density at radius 2 is 1.85 bits per heavy atom. The topological polar surface area (TPSA) is 65.2 Å². The number of H-pyrrole nitrogens is 1. The van der Waals surface area contributed by atoms with Gasteiger partial charge in [0.25, 0.3) is 5.91 Å². The third-order valence-corrected chi connectivity index (χ3v) is 4.53. The van der Waals surface area contributed by atoms with Crippen LogP contribution in [0.4, 0.5) is 0 Å². The Balaban J connectivity index is 1.83. The molecule has 7 heteroatoms. The van der Waals surface area contributed by atoms with Gasteiger partial charge >= 0.3 is 0 Å². The van der Waals surface area contributed by atoms with Crippen molar-refractivity contribution in [3.63, 3.8) is 0 Å². The average Bonchev–Trinajstić information content (AvgIpc) is 2.64. The molecule has 2 N–H and O–H groups in total. The highest BCUT2D eigenvalue weighted by atomic mass is 35.5. The maximum absolute atomic E-state index is 12.6. The molecule has 0 aliphatic rings. The van der Waals surface area contributed by atoms with E-state index in [0.717, 1.165) is 22.1 Å². The smallest absolute Gasteiger partial charge is 0.274 e. The summed E-state index contributed by atoms with van der Waals surface area (Å²) in [5, 5.41) is 3.85. The van der Waals surface area contributed by atoms with E-state index in [1.807, 2.05) is 31.3 Å². The van der Waals surface area contributed by atoms with Gasteiger partial charge in [0.1, 0.15) is 5.56 Å². The number of nitrogens with one attached hydrogen (secondary N) is 2. The number of aromatic nitrogens is 1. The third-order valence-electron chi connectivity index (χ3n) is 4.02. The lowest BCUT2D eigenvalue weighted by Gasteiger charge is -2.14. The normalized spacial score (nSPS) is 10.9. The number of carbonyl (C=O) groups is 1. The maximum Gasteiger partial charge on any atom is 0.274 e. The molecule has 0 atom stereocenters. The molecular weight excluding hydrogens is 373 g/mol. The summed E-state index contributed by atoms with van der Waals surface area (Å²) in [5.74, 6) is -0.561. The third kappa shape index (κ3) is 3.90. The first-order chi connectivity index (χ1) is 12.5. The maximum atomic E-state index is 12.6. The predicted octanol–water partition coefficient (Wildman–Crippen LogP) is 3.70. The van der Waals surface area contributed by atoms with Crippen molar-refractivity contribution in [1.82, 2.24) is 14.7 Å². The number of hydrogen-bond acceptors (Lipinski definition) is 3. The number of hydrogen-bond donors (Lipinski definition) is 2. The van der Waals surface area contributed by atoms with Gasteiger partial charge in [0.15, 0.2) is 0 Å². The SMILES string of the molecule is CNCc1ccc(CN(Cl)C(=O)c2c[nH]c3ccc(Cl)cc3c2=O)cc1. The summed E-state index contributed by atoms with van der Waals surface area (Å²) in [7, 11) is 1.88. The molecule has 3 rings (SSSR count). The zero-order chi connectivity index (χ0) is 18.7. The summed E-state index contributed by atoms with van der Waals surface area (Å²) in [4.78, 5) is 28.1. The van der Waals surface area contributed by atoms with Crippen molar-refractivity contribution in [2.24, 2.45) is 0 Å². The van der Waals surface area contributed by atoms with Gasteiger partial charge in [-0.2, -0.15) is 0 Å². The van der Waals surface area contributed by atoms with Crippen LogP contribution in [0.2, 0.25) is 5.02 Å². The van der Waals surface area contributed by atoms with Crippen LogP contribution >= 0.6 is 23.4 Å². The molecule has 1 heterocycles. The fourth-order valence-electron chi connectivity index (χ4n) is 2.68. The number of amides is 1. The van der Waals surface area contributed by atoms with E-state index in [1.54, 1.807) is 12.1 Å². The van der Waals surface area contributed by atoms with Gasteiger partial charge in [-0.25, -0.2) is 4.42 Å². The Morgan fingerprint density at radius 3 is 2.54 bits per heavy atom. The molecule has 0 aliphatic carbocycles. The summed E-state index contributed by atoms with van der Waals surface area (Å²) >= 11 is 12.1. The minimum absolute atomic E-state index is 0.0263. The van der Waals surface area contributed by atoms with Crippen LogP contribution < -0.4 is 10.7 Å². The highest BCUT2D eigenvalue weighted by Crippen LogP contribution is 2.17. The van der Waals surface area contributed by atoms with Gasteiger partial charge in [0.2, 0.25) is 5.43 Å². The first kappa shape index (κ1) is 18.5. The molecule has 2 aromatic carbocycles. The molecule has 1 aromatic heterocycles. The Kier molecular flexibility index (Phi) is 5.61. The molecule has 0 radical (unpaired) electrons. The molecule has 3 aromatic rings. The van der Waals surface area contributed by atoms with Crippen molar-refractivity contribution in [3.05, 3.63) is 80.6 Å². The highest BCUT2D eigenvalue weighted by molar-refractivity contribution is 6.31. The van der Waals surface area contributed by atoms with Crippen molar-refractivity contribution in [3.8, 4) is 0 Å². The van der Waals surface area contributed by atoms with Crippen LogP contribution in [0.3, 0.4) is 0 Å².